The molecule has 0 heterocycles. The molecule has 0 saturated carbocycles. The van der Waals surface area contributed by atoms with Crippen molar-refractivity contribution in [3.8, 4) is 11.1 Å². The number of benzene rings is 2. The van der Waals surface area contributed by atoms with Crippen molar-refractivity contribution >= 4 is 25.4 Å². The van der Waals surface area contributed by atoms with Crippen LogP contribution in [0.1, 0.15) is 52.7 Å². The average Bonchev–Trinajstić information content (AvgIpc) is 2.73. The quantitative estimate of drug-likeness (QED) is 0.234. The van der Waals surface area contributed by atoms with Gasteiger partial charge in [-0.15, -0.1) is 0 Å². The molecule has 0 bridgehead atoms. The smallest absolute Gasteiger partial charge is 0.331 e. The number of carbonyl (C=O) groups excluding carboxylic acids is 1. The number of esters is 1. The summed E-state index contributed by atoms with van der Waals surface area (Å²) in [6, 6.07) is 16.9. The Balaban J connectivity index is 2.06. The fourth-order valence-corrected chi connectivity index (χ4v) is 3.94. The number of carbonyl (C=O) groups is 1. The molecule has 2 rings (SSSR count). The SMILES string of the molecule is CCOC(=O)/C=C(\C)c1ccc(-c2ccc(/C(C)=C/CO[Si](C)(C)C(C)(C)C)cc2)cc1. The normalized spacial score (nSPS) is 13.2. The molecule has 4 heteroatoms. The molecule has 3 nitrogen and oxygen atoms in total. The molecule has 0 aliphatic rings. The lowest BCUT2D eigenvalue weighted by atomic mass is 9.98. The molecule has 0 radical (unpaired) electrons. The Labute approximate surface area is 195 Å². The van der Waals surface area contributed by atoms with E-state index in [9.17, 15) is 4.79 Å². The van der Waals surface area contributed by atoms with Crippen LogP contribution in [-0.2, 0) is 14.0 Å². The second-order valence-electron chi connectivity index (χ2n) is 9.69. The maximum Gasteiger partial charge on any atom is 0.331 e. The summed E-state index contributed by atoms with van der Waals surface area (Å²) in [5.74, 6) is -0.303. The molecular formula is C28H38O3Si. The van der Waals surface area contributed by atoms with Gasteiger partial charge in [-0.25, -0.2) is 4.79 Å². The first kappa shape index (κ1) is 25.8. The summed E-state index contributed by atoms with van der Waals surface area (Å²) < 4.78 is 11.3. The van der Waals surface area contributed by atoms with E-state index < -0.39 is 8.32 Å². The maximum absolute atomic E-state index is 11.7. The molecule has 0 atom stereocenters. The molecule has 0 fully saturated rings. The van der Waals surface area contributed by atoms with E-state index in [0.29, 0.717) is 13.2 Å². The van der Waals surface area contributed by atoms with Gasteiger partial charge in [0.15, 0.2) is 8.32 Å². The predicted octanol–water partition coefficient (Wildman–Crippen LogP) is 7.75. The van der Waals surface area contributed by atoms with E-state index in [2.05, 4.69) is 83.3 Å². The number of hydrogen-bond donors (Lipinski definition) is 0. The van der Waals surface area contributed by atoms with Crippen LogP contribution >= 0.6 is 0 Å². The lowest BCUT2D eigenvalue weighted by Gasteiger charge is -2.35. The van der Waals surface area contributed by atoms with Gasteiger partial charge in [0.25, 0.3) is 0 Å². The fourth-order valence-electron chi connectivity index (χ4n) is 3.00. The molecule has 0 N–H and O–H groups in total. The van der Waals surface area contributed by atoms with Crippen molar-refractivity contribution in [3.05, 3.63) is 71.8 Å². The van der Waals surface area contributed by atoms with Gasteiger partial charge in [0.1, 0.15) is 0 Å². The van der Waals surface area contributed by atoms with Gasteiger partial charge >= 0.3 is 5.97 Å². The summed E-state index contributed by atoms with van der Waals surface area (Å²) >= 11 is 0. The topological polar surface area (TPSA) is 35.5 Å². The average molecular weight is 451 g/mol. The summed E-state index contributed by atoms with van der Waals surface area (Å²) in [6.45, 7) is 18.3. The van der Waals surface area contributed by atoms with Crippen LogP contribution in [0, 0.1) is 0 Å². The van der Waals surface area contributed by atoms with Crippen LogP contribution in [0.25, 0.3) is 22.3 Å². The van der Waals surface area contributed by atoms with Gasteiger partial charge in [-0.2, -0.15) is 0 Å². The van der Waals surface area contributed by atoms with E-state index in [1.807, 2.05) is 26.0 Å². The van der Waals surface area contributed by atoms with Gasteiger partial charge < -0.3 is 9.16 Å². The Morgan fingerprint density at radius 2 is 1.34 bits per heavy atom. The van der Waals surface area contributed by atoms with Gasteiger partial charge in [0.2, 0.25) is 0 Å². The largest absolute Gasteiger partial charge is 0.463 e. The third-order valence-electron chi connectivity index (χ3n) is 6.27. The highest BCUT2D eigenvalue weighted by molar-refractivity contribution is 6.74. The molecule has 0 unspecified atom stereocenters. The van der Waals surface area contributed by atoms with Crippen LogP contribution in [0.2, 0.25) is 18.1 Å². The molecule has 0 aromatic heterocycles. The van der Waals surface area contributed by atoms with E-state index in [0.717, 1.165) is 22.3 Å². The summed E-state index contributed by atoms with van der Waals surface area (Å²) in [7, 11) is -1.73. The lowest BCUT2D eigenvalue weighted by Crippen LogP contribution is -2.40. The van der Waals surface area contributed by atoms with Crippen LogP contribution in [-0.4, -0.2) is 27.5 Å². The van der Waals surface area contributed by atoms with Crippen molar-refractivity contribution < 1.29 is 14.0 Å². The second-order valence-corrected chi connectivity index (χ2v) is 14.5. The molecule has 0 amide bonds. The van der Waals surface area contributed by atoms with Crippen LogP contribution in [0.4, 0.5) is 0 Å². The lowest BCUT2D eigenvalue weighted by molar-refractivity contribution is -0.137. The fraction of sp³-hybridized carbons (Fsp3) is 0.393. The maximum atomic E-state index is 11.7. The molecule has 172 valence electrons. The number of hydrogen-bond acceptors (Lipinski definition) is 3. The van der Waals surface area contributed by atoms with Gasteiger partial charge in [-0.05, 0) is 72.3 Å². The number of rotatable bonds is 8. The minimum Gasteiger partial charge on any atom is -0.463 e. The van der Waals surface area contributed by atoms with Crippen LogP contribution in [0.15, 0.2) is 60.7 Å². The van der Waals surface area contributed by atoms with Crippen molar-refractivity contribution in [2.24, 2.45) is 0 Å². The van der Waals surface area contributed by atoms with Crippen molar-refractivity contribution in [1.29, 1.82) is 0 Å². The number of ether oxygens (including phenoxy) is 1. The minimum atomic E-state index is -1.73. The van der Waals surface area contributed by atoms with E-state index in [4.69, 9.17) is 9.16 Å². The summed E-state index contributed by atoms with van der Waals surface area (Å²) in [5.41, 5.74) is 6.65. The van der Waals surface area contributed by atoms with Crippen LogP contribution in [0.5, 0.6) is 0 Å². The van der Waals surface area contributed by atoms with Crippen molar-refractivity contribution in [1.82, 2.24) is 0 Å². The first-order valence-corrected chi connectivity index (χ1v) is 14.2. The molecule has 2 aromatic carbocycles. The highest BCUT2D eigenvalue weighted by atomic mass is 28.4. The Morgan fingerprint density at radius 3 is 1.78 bits per heavy atom. The van der Waals surface area contributed by atoms with Crippen molar-refractivity contribution in [3.63, 3.8) is 0 Å². The highest BCUT2D eigenvalue weighted by Crippen LogP contribution is 2.36. The van der Waals surface area contributed by atoms with E-state index in [-0.39, 0.29) is 11.0 Å². The predicted molar refractivity (Wildman–Crippen MR) is 139 cm³/mol. The third-order valence-corrected chi connectivity index (χ3v) is 10.8. The molecule has 32 heavy (non-hydrogen) atoms. The first-order valence-electron chi connectivity index (χ1n) is 11.3. The van der Waals surface area contributed by atoms with Crippen LogP contribution < -0.4 is 0 Å². The van der Waals surface area contributed by atoms with E-state index in [1.54, 1.807) is 0 Å². The summed E-state index contributed by atoms with van der Waals surface area (Å²) in [4.78, 5) is 11.7. The van der Waals surface area contributed by atoms with Crippen molar-refractivity contribution in [2.75, 3.05) is 13.2 Å². The zero-order valence-electron chi connectivity index (χ0n) is 20.9. The molecular weight excluding hydrogens is 412 g/mol. The zero-order valence-corrected chi connectivity index (χ0v) is 21.9. The van der Waals surface area contributed by atoms with Gasteiger partial charge in [-0.1, -0.05) is 75.4 Å². The van der Waals surface area contributed by atoms with Gasteiger partial charge in [0.05, 0.1) is 13.2 Å². The molecule has 0 aliphatic heterocycles. The Kier molecular flexibility index (Phi) is 8.82. The number of allylic oxidation sites excluding steroid dienone is 2. The molecule has 0 aliphatic carbocycles. The standard InChI is InChI=1S/C28H38O3Si/c1-9-30-27(29)20-22(3)24-12-16-26(17-13-24)25-14-10-23(11-15-25)21(2)18-19-31-32(7,8)28(4,5)6/h10-18,20H,9,19H2,1-8H3/b21-18+,22-20+. The third kappa shape index (κ3) is 7.04. The van der Waals surface area contributed by atoms with Gasteiger partial charge in [0, 0.05) is 6.08 Å². The van der Waals surface area contributed by atoms with E-state index in [1.165, 1.54) is 17.2 Å². The summed E-state index contributed by atoms with van der Waals surface area (Å²) in [6.07, 6.45) is 3.72. The molecule has 2 aromatic rings. The monoisotopic (exact) mass is 450 g/mol. The van der Waals surface area contributed by atoms with Gasteiger partial charge in [-0.3, -0.25) is 0 Å². The second kappa shape index (κ2) is 10.9. The minimum absolute atomic E-state index is 0.221. The van der Waals surface area contributed by atoms with E-state index >= 15 is 0 Å². The highest BCUT2D eigenvalue weighted by Gasteiger charge is 2.36. The Morgan fingerprint density at radius 1 is 0.875 bits per heavy atom. The van der Waals surface area contributed by atoms with Crippen LogP contribution in [0.3, 0.4) is 0 Å². The molecule has 0 saturated heterocycles. The Hall–Kier alpha value is -2.43. The Bertz CT molecular complexity index is 959. The summed E-state index contributed by atoms with van der Waals surface area (Å²) in [5, 5.41) is 0.221. The first-order chi connectivity index (χ1) is 14.9. The zero-order chi connectivity index (χ0) is 23.9. The van der Waals surface area contributed by atoms with Crippen molar-refractivity contribution in [2.45, 2.75) is 59.7 Å². The molecule has 0 spiro atoms.